The molecule has 12 nitrogen and oxygen atoms in total. The van der Waals surface area contributed by atoms with Crippen LogP contribution < -0.4 is 20.7 Å². The first kappa shape index (κ1) is 50.7. The van der Waals surface area contributed by atoms with Gasteiger partial charge in [0.1, 0.15) is 35.6 Å². The van der Waals surface area contributed by atoms with E-state index in [4.69, 9.17) is 46.7 Å². The van der Waals surface area contributed by atoms with Gasteiger partial charge in [0, 0.05) is 14.2 Å². The van der Waals surface area contributed by atoms with Crippen LogP contribution in [0, 0.1) is 0 Å². The van der Waals surface area contributed by atoms with Gasteiger partial charge < -0.3 is 57.0 Å². The molecule has 0 bridgehead atoms. The van der Waals surface area contributed by atoms with E-state index < -0.39 is 76.4 Å². The Morgan fingerprint density at radius 3 is 0.955 bits per heavy atom. The molecular formula is C52H72O12Si2. The molecule has 360 valence electrons. The average Bonchev–Trinajstić information content (AvgIpc) is 3.94. The second-order valence-corrected chi connectivity index (χ2v) is 29.4. The first-order chi connectivity index (χ1) is 31.2. The number of ether oxygens (including phenoxy) is 8. The van der Waals surface area contributed by atoms with Crippen LogP contribution in [0.25, 0.3) is 0 Å². The molecule has 14 heteroatoms. The van der Waals surface area contributed by atoms with Crippen molar-refractivity contribution in [3.05, 3.63) is 121 Å². The van der Waals surface area contributed by atoms with E-state index >= 15 is 0 Å². The van der Waals surface area contributed by atoms with E-state index in [1.165, 1.54) is 0 Å². The fourth-order valence-electron chi connectivity index (χ4n) is 10.6. The second kappa shape index (κ2) is 19.3. The number of aliphatic hydroxyl groups excluding tert-OH is 2. The molecule has 4 aliphatic rings. The summed E-state index contributed by atoms with van der Waals surface area (Å²) in [4.78, 5) is 0. The maximum Gasteiger partial charge on any atom is 0.261 e. The highest BCUT2D eigenvalue weighted by Crippen LogP contribution is 2.47. The van der Waals surface area contributed by atoms with Crippen molar-refractivity contribution in [2.75, 3.05) is 40.6 Å². The van der Waals surface area contributed by atoms with E-state index in [1.807, 2.05) is 52.0 Å². The van der Waals surface area contributed by atoms with Crippen LogP contribution in [0.3, 0.4) is 0 Å². The summed E-state index contributed by atoms with van der Waals surface area (Å²) in [6.45, 7) is 20.5. The highest BCUT2D eigenvalue weighted by Gasteiger charge is 2.65. The Morgan fingerprint density at radius 2 is 0.727 bits per heavy atom. The molecule has 4 aromatic carbocycles. The third kappa shape index (κ3) is 9.32. The van der Waals surface area contributed by atoms with Gasteiger partial charge in [-0.25, -0.2) is 0 Å². The van der Waals surface area contributed by atoms with Crippen LogP contribution in [-0.4, -0.2) is 127 Å². The van der Waals surface area contributed by atoms with Crippen molar-refractivity contribution in [1.29, 1.82) is 0 Å². The maximum absolute atomic E-state index is 10.6. The predicted octanol–water partition coefficient (Wildman–Crippen LogP) is 5.63. The lowest BCUT2D eigenvalue weighted by Crippen LogP contribution is -2.68. The fourth-order valence-corrected chi connectivity index (χ4v) is 19.8. The van der Waals surface area contributed by atoms with Crippen molar-refractivity contribution in [1.82, 2.24) is 0 Å². The summed E-state index contributed by atoms with van der Waals surface area (Å²) >= 11 is 0. The molecule has 0 amide bonds. The summed E-state index contributed by atoms with van der Waals surface area (Å²) < 4.78 is 62.5. The molecule has 4 saturated heterocycles. The van der Waals surface area contributed by atoms with Crippen LogP contribution in [0.15, 0.2) is 121 Å². The van der Waals surface area contributed by atoms with Crippen LogP contribution in [0.1, 0.15) is 69.2 Å². The van der Waals surface area contributed by atoms with Crippen molar-refractivity contribution in [2.45, 2.75) is 139 Å². The van der Waals surface area contributed by atoms with E-state index in [9.17, 15) is 10.2 Å². The maximum atomic E-state index is 10.6. The highest BCUT2D eigenvalue weighted by atomic mass is 28.4. The van der Waals surface area contributed by atoms with Gasteiger partial charge in [-0.05, 0) is 58.5 Å². The average molecular weight is 945 g/mol. The summed E-state index contributed by atoms with van der Waals surface area (Å²) in [5.74, 6) is -1.54. The quantitative estimate of drug-likeness (QED) is 0.152. The van der Waals surface area contributed by atoms with Crippen molar-refractivity contribution in [3.63, 3.8) is 0 Å². The zero-order valence-corrected chi connectivity index (χ0v) is 42.8. The minimum atomic E-state index is -2.82. The molecule has 0 spiro atoms. The minimum absolute atomic E-state index is 0.148. The number of hydrogen-bond acceptors (Lipinski definition) is 12. The Balaban J connectivity index is 0.000000196. The Hall–Kier alpha value is -3.17. The molecule has 66 heavy (non-hydrogen) atoms. The number of aliphatic hydroxyl groups is 2. The van der Waals surface area contributed by atoms with Gasteiger partial charge in [-0.1, -0.05) is 163 Å². The second-order valence-electron chi connectivity index (χ2n) is 20.8. The largest absolute Gasteiger partial charge is 0.404 e. The predicted molar refractivity (Wildman–Crippen MR) is 258 cm³/mol. The molecule has 8 rings (SSSR count). The molecule has 4 aromatic rings. The van der Waals surface area contributed by atoms with E-state index in [2.05, 4.69) is 139 Å². The third-order valence-electron chi connectivity index (χ3n) is 13.5. The van der Waals surface area contributed by atoms with E-state index in [0.717, 1.165) is 20.7 Å². The van der Waals surface area contributed by atoms with Gasteiger partial charge in [0.25, 0.3) is 16.6 Å². The summed E-state index contributed by atoms with van der Waals surface area (Å²) in [6.07, 6.45) is -3.21. The van der Waals surface area contributed by atoms with Crippen molar-refractivity contribution in [3.8, 4) is 0 Å². The summed E-state index contributed by atoms with van der Waals surface area (Å²) in [6, 6.07) is 41.6. The zero-order chi connectivity index (χ0) is 47.8. The fraction of sp³-hybridized carbons (Fsp3) is 0.538. The molecule has 4 heterocycles. The molecule has 0 radical (unpaired) electrons. The van der Waals surface area contributed by atoms with Crippen LogP contribution in [0.4, 0.5) is 0 Å². The molecule has 0 aliphatic carbocycles. The summed E-state index contributed by atoms with van der Waals surface area (Å²) in [5, 5.41) is 25.4. The van der Waals surface area contributed by atoms with Crippen molar-refractivity contribution < 1.29 is 57.0 Å². The molecule has 0 saturated carbocycles. The monoisotopic (exact) mass is 944 g/mol. The van der Waals surface area contributed by atoms with Crippen LogP contribution >= 0.6 is 0 Å². The van der Waals surface area contributed by atoms with Crippen LogP contribution in [0.2, 0.25) is 10.1 Å². The Kier molecular flexibility index (Phi) is 14.8. The van der Waals surface area contributed by atoms with Gasteiger partial charge in [0.05, 0.1) is 26.4 Å². The van der Waals surface area contributed by atoms with E-state index in [0.29, 0.717) is 0 Å². The third-order valence-corrected chi connectivity index (χ3v) is 23.4. The van der Waals surface area contributed by atoms with Gasteiger partial charge in [-0.15, -0.1) is 0 Å². The molecule has 0 unspecified atom stereocenters. The molecule has 2 N–H and O–H groups in total. The van der Waals surface area contributed by atoms with Gasteiger partial charge in [0.2, 0.25) is 0 Å². The van der Waals surface area contributed by atoms with E-state index in [-0.39, 0.29) is 36.5 Å². The zero-order valence-electron chi connectivity index (χ0n) is 40.8. The highest BCUT2D eigenvalue weighted by molar-refractivity contribution is 7.00. The van der Waals surface area contributed by atoms with Gasteiger partial charge in [-0.2, -0.15) is 0 Å². The Morgan fingerprint density at radius 1 is 0.455 bits per heavy atom. The molecular weight excluding hydrogens is 873 g/mol. The first-order valence-corrected chi connectivity index (χ1v) is 26.8. The van der Waals surface area contributed by atoms with Crippen molar-refractivity contribution >= 4 is 37.4 Å². The number of fused-ring (bicyclic) bond motifs is 2. The SMILES string of the molecule is CO[C@H]1[C@H]2OC(C)(C)O[C@H]2O[C@@]1(CO)CO[Si](c1ccccc1)(c1ccccc1)C(C)(C)C.CO[C@H]1[C@H]2OC(C)(C)O[C@H]2O[C@]1(CO)CO[Si](c1ccccc1)(c1ccccc1)C(C)(C)C. The standard InChI is InChI=1S/2C26H36O6Si/c2*1-24(2,3)33(19-13-9-7-10-14-19,20-15-11-8-12-16-20)29-18-26(17-27)22(28-6)21-23(32-26)31-25(4,5)30-21/h2*7-16,21-23,27H,17-18H2,1-6H3/t21-,22+,23+,26+;21-,22+,23+,26-/m11/s1. The summed E-state index contributed by atoms with van der Waals surface area (Å²) in [5.41, 5.74) is -2.21. The number of rotatable bonds is 14. The van der Waals surface area contributed by atoms with Crippen LogP contribution in [-0.2, 0) is 46.7 Å². The van der Waals surface area contributed by atoms with Gasteiger partial charge >= 0.3 is 0 Å². The smallest absolute Gasteiger partial charge is 0.261 e. The lowest BCUT2D eigenvalue weighted by Gasteiger charge is -2.45. The van der Waals surface area contributed by atoms with Gasteiger partial charge in [0.15, 0.2) is 24.2 Å². The first-order valence-electron chi connectivity index (χ1n) is 23.0. The summed E-state index contributed by atoms with van der Waals surface area (Å²) in [7, 11) is -2.41. The number of benzene rings is 4. The Bertz CT molecular complexity index is 1930. The number of methoxy groups -OCH3 is 2. The molecule has 8 atom stereocenters. The van der Waals surface area contributed by atoms with Crippen molar-refractivity contribution in [2.24, 2.45) is 0 Å². The van der Waals surface area contributed by atoms with Gasteiger partial charge in [-0.3, -0.25) is 0 Å². The lowest BCUT2D eigenvalue weighted by atomic mass is 9.97. The molecule has 0 aromatic heterocycles. The number of hydrogen-bond donors (Lipinski definition) is 2. The molecule has 4 fully saturated rings. The lowest BCUT2D eigenvalue weighted by molar-refractivity contribution is -0.254. The minimum Gasteiger partial charge on any atom is -0.404 e. The normalized spacial score (nSPS) is 29.2. The van der Waals surface area contributed by atoms with E-state index in [1.54, 1.807) is 14.2 Å². The van der Waals surface area contributed by atoms with Crippen LogP contribution in [0.5, 0.6) is 0 Å². The molecule has 4 aliphatic heterocycles. The Labute approximate surface area is 394 Å². The topological polar surface area (TPSA) is 133 Å².